The summed E-state index contributed by atoms with van der Waals surface area (Å²) in [5, 5.41) is 7.26. The number of hydrogen-bond donors (Lipinski definition) is 0. The zero-order valence-electron chi connectivity index (χ0n) is 35.8. The van der Waals surface area contributed by atoms with Gasteiger partial charge in [-0.1, -0.05) is 135 Å². The second kappa shape index (κ2) is 17.2. The minimum Gasteiger partial charge on any atom is -0.557 e. The van der Waals surface area contributed by atoms with Crippen LogP contribution >= 0.6 is 0 Å². The number of imidazole rings is 1. The smallest absolute Gasteiger partial charge is 0.0798 e. The van der Waals surface area contributed by atoms with Crippen LogP contribution in [0.2, 0.25) is 19.6 Å². The van der Waals surface area contributed by atoms with E-state index >= 15 is 0 Å². The van der Waals surface area contributed by atoms with E-state index in [2.05, 4.69) is 197 Å². The van der Waals surface area contributed by atoms with Crippen LogP contribution in [-0.2, 0) is 26.5 Å². The number of rotatable bonds is 7. The van der Waals surface area contributed by atoms with E-state index < -0.39 is 8.07 Å². The summed E-state index contributed by atoms with van der Waals surface area (Å²) in [5.74, 6) is 1.49. The van der Waals surface area contributed by atoms with Gasteiger partial charge in [0.2, 0.25) is 0 Å². The molecule has 0 spiro atoms. The molecule has 0 saturated heterocycles. The molecule has 0 amide bonds. The maximum atomic E-state index is 6.06. The van der Waals surface area contributed by atoms with Gasteiger partial charge in [0, 0.05) is 43.8 Å². The van der Waals surface area contributed by atoms with Gasteiger partial charge in [0.25, 0.3) is 0 Å². The number of furan rings is 1. The fraction of sp³-hybridized carbons (Fsp3) is 0.164. The van der Waals surface area contributed by atoms with Gasteiger partial charge in [0.05, 0.1) is 24.9 Å². The van der Waals surface area contributed by atoms with Gasteiger partial charge < -0.3 is 14.0 Å². The molecule has 0 aliphatic carbocycles. The summed E-state index contributed by atoms with van der Waals surface area (Å²) in [6, 6.07) is 54.3. The molecule has 10 aromatic rings. The SMILES string of the molecule is CC(C)Cc1cc(-c2[c-]cccc2)ncc1[Si](C)(C)C.Cc1cc(-n2c(-c3[c-]oc4cc5cc6ccccc6cc5cc34)nc3ccccc32)cc(C)c1-c1ccccc1.[Ir]. The van der Waals surface area contributed by atoms with Crippen molar-refractivity contribution in [3.8, 4) is 39.5 Å². The predicted octanol–water partition coefficient (Wildman–Crippen LogP) is 14.1. The fourth-order valence-corrected chi connectivity index (χ4v) is 10.2. The fourth-order valence-electron chi connectivity index (χ4n) is 8.64. The quantitative estimate of drug-likeness (QED) is 0.0908. The van der Waals surface area contributed by atoms with Gasteiger partial charge in [-0.05, 0) is 117 Å². The van der Waals surface area contributed by atoms with Crippen molar-refractivity contribution in [2.75, 3.05) is 0 Å². The number of para-hydroxylation sites is 2. The Morgan fingerprint density at radius 3 is 2.03 bits per heavy atom. The van der Waals surface area contributed by atoms with Crippen molar-refractivity contribution in [1.82, 2.24) is 14.5 Å². The van der Waals surface area contributed by atoms with Crippen molar-refractivity contribution in [3.63, 3.8) is 0 Å². The van der Waals surface area contributed by atoms with E-state index in [0.717, 1.165) is 62.1 Å². The number of aromatic nitrogens is 3. The van der Waals surface area contributed by atoms with Crippen LogP contribution < -0.4 is 5.19 Å². The normalized spacial score (nSPS) is 11.6. The van der Waals surface area contributed by atoms with Gasteiger partial charge in [-0.25, -0.2) is 0 Å². The molecule has 3 heterocycles. The van der Waals surface area contributed by atoms with E-state index in [1.807, 2.05) is 24.3 Å². The van der Waals surface area contributed by atoms with Crippen molar-refractivity contribution >= 4 is 56.8 Å². The zero-order chi connectivity index (χ0) is 41.5. The first-order valence-electron chi connectivity index (χ1n) is 20.9. The molecule has 0 N–H and O–H groups in total. The van der Waals surface area contributed by atoms with Crippen LogP contribution in [0.4, 0.5) is 0 Å². The molecular weight excluding hydrogens is 939 g/mol. The summed E-state index contributed by atoms with van der Waals surface area (Å²) in [5.41, 5.74) is 13.3. The van der Waals surface area contributed by atoms with Gasteiger partial charge in [-0.2, -0.15) is 0 Å². The molecule has 61 heavy (non-hydrogen) atoms. The first kappa shape index (κ1) is 41.8. The Kier molecular flexibility index (Phi) is 11.8. The average Bonchev–Trinajstić information content (AvgIpc) is 3.83. The van der Waals surface area contributed by atoms with Gasteiger partial charge in [0.15, 0.2) is 0 Å². The molecule has 0 atom stereocenters. The third-order valence-electron chi connectivity index (χ3n) is 11.4. The van der Waals surface area contributed by atoms with Crippen LogP contribution in [0, 0.1) is 32.1 Å². The first-order valence-corrected chi connectivity index (χ1v) is 24.4. The summed E-state index contributed by atoms with van der Waals surface area (Å²) >= 11 is 0. The second-order valence-corrected chi connectivity index (χ2v) is 22.4. The van der Waals surface area contributed by atoms with Crippen LogP contribution in [0.5, 0.6) is 0 Å². The standard InChI is InChI=1S/C37H25N2O.C18H24NSi.Ir/c1-23-16-30(17-24(2)36(23)25-10-4-3-5-11-25)39-34-15-9-8-14-33(34)38-37(39)32-22-40-35-21-29-19-27-13-7-6-12-26(27)18-28(29)20-31(32)35;1-14(2)11-16-12-17(15-9-7-6-8-10-15)19-13-18(16)20(3,4)5;/h3-21H,1-2H3;6-9,12-14H,11H2,1-5H3;/q2*-1;. The van der Waals surface area contributed by atoms with Crippen molar-refractivity contribution in [2.45, 2.75) is 53.8 Å². The van der Waals surface area contributed by atoms with Crippen molar-refractivity contribution in [3.05, 3.63) is 181 Å². The van der Waals surface area contributed by atoms with Gasteiger partial charge in [-0.3, -0.25) is 4.98 Å². The predicted molar refractivity (Wildman–Crippen MR) is 255 cm³/mol. The molecule has 7 aromatic carbocycles. The summed E-state index contributed by atoms with van der Waals surface area (Å²) in [6.07, 6.45) is 6.46. The van der Waals surface area contributed by atoms with Gasteiger partial charge >= 0.3 is 0 Å². The molecule has 0 aliphatic heterocycles. The minimum absolute atomic E-state index is 0. The molecule has 0 aliphatic rings. The number of nitrogens with zero attached hydrogens (tertiary/aromatic N) is 3. The van der Waals surface area contributed by atoms with Crippen molar-refractivity contribution < 1.29 is 24.5 Å². The molecule has 0 saturated carbocycles. The maximum Gasteiger partial charge on any atom is 0.0798 e. The Bertz CT molecular complexity index is 3140. The van der Waals surface area contributed by atoms with Crippen LogP contribution in [0.1, 0.15) is 30.5 Å². The molecule has 6 heteroatoms. The molecule has 10 rings (SSSR count). The monoisotopic (exact) mass is 988 g/mol. The summed E-state index contributed by atoms with van der Waals surface area (Å²) in [7, 11) is -1.34. The van der Waals surface area contributed by atoms with Crippen LogP contribution in [0.25, 0.3) is 83.0 Å². The van der Waals surface area contributed by atoms with E-state index in [1.54, 1.807) is 0 Å². The molecule has 0 unspecified atom stereocenters. The third-order valence-corrected chi connectivity index (χ3v) is 13.4. The van der Waals surface area contributed by atoms with Gasteiger partial charge in [-0.15, -0.1) is 35.9 Å². The number of pyridine rings is 1. The Morgan fingerprint density at radius 2 is 1.36 bits per heavy atom. The Morgan fingerprint density at radius 1 is 0.705 bits per heavy atom. The molecule has 3 aromatic heterocycles. The van der Waals surface area contributed by atoms with E-state index in [9.17, 15) is 0 Å². The van der Waals surface area contributed by atoms with Crippen molar-refractivity contribution in [1.29, 1.82) is 0 Å². The van der Waals surface area contributed by atoms with E-state index in [4.69, 9.17) is 9.40 Å². The molecule has 0 bridgehead atoms. The van der Waals surface area contributed by atoms with E-state index in [-0.39, 0.29) is 20.1 Å². The molecule has 4 nitrogen and oxygen atoms in total. The summed E-state index contributed by atoms with van der Waals surface area (Å²) in [4.78, 5) is 9.81. The topological polar surface area (TPSA) is 43.9 Å². The van der Waals surface area contributed by atoms with E-state index in [1.165, 1.54) is 49.2 Å². The molecular formula is C55H49IrN3OSi-2. The van der Waals surface area contributed by atoms with Crippen LogP contribution in [0.15, 0.2) is 156 Å². The second-order valence-electron chi connectivity index (χ2n) is 17.4. The number of fused-ring (bicyclic) bond motifs is 4. The summed E-state index contributed by atoms with van der Waals surface area (Å²) < 4.78 is 8.30. The van der Waals surface area contributed by atoms with Crippen LogP contribution in [0.3, 0.4) is 0 Å². The number of benzene rings is 7. The van der Waals surface area contributed by atoms with E-state index in [0.29, 0.717) is 5.92 Å². The molecule has 1 radical (unpaired) electrons. The zero-order valence-corrected chi connectivity index (χ0v) is 39.2. The molecule has 0 fully saturated rings. The van der Waals surface area contributed by atoms with Gasteiger partial charge in [0.1, 0.15) is 0 Å². The number of aryl methyl sites for hydroxylation is 2. The first-order chi connectivity index (χ1) is 29.0. The number of hydrogen-bond acceptors (Lipinski definition) is 3. The Labute approximate surface area is 373 Å². The Hall–Kier alpha value is -5.91. The third kappa shape index (κ3) is 8.41. The minimum atomic E-state index is -1.34. The van der Waals surface area contributed by atoms with Crippen molar-refractivity contribution in [2.24, 2.45) is 5.92 Å². The average molecular weight is 988 g/mol. The Balaban J connectivity index is 0.000000208. The maximum absolute atomic E-state index is 6.06. The summed E-state index contributed by atoms with van der Waals surface area (Å²) in [6.45, 7) is 16.1. The van der Waals surface area contributed by atoms with Crippen LogP contribution in [-0.4, -0.2) is 22.6 Å². The molecule has 305 valence electrons. The largest absolute Gasteiger partial charge is 0.557 e.